The first-order chi connectivity index (χ1) is 18.4. The van der Waals surface area contributed by atoms with Crippen molar-refractivity contribution in [3.05, 3.63) is 96.1 Å². The van der Waals surface area contributed by atoms with Crippen molar-refractivity contribution in [1.82, 2.24) is 0 Å². The minimum absolute atomic E-state index is 0.0208. The maximum atomic E-state index is 11.9. The van der Waals surface area contributed by atoms with E-state index in [9.17, 15) is 19.8 Å². The first kappa shape index (κ1) is 25.7. The third kappa shape index (κ3) is 5.71. The monoisotopic (exact) mass is 510 g/mol. The summed E-state index contributed by atoms with van der Waals surface area (Å²) in [6.45, 7) is 0. The highest BCUT2D eigenvalue weighted by atomic mass is 16.5. The van der Waals surface area contributed by atoms with Gasteiger partial charge in [-0.2, -0.15) is 10.2 Å². The summed E-state index contributed by atoms with van der Waals surface area (Å²) in [5.41, 5.74) is 3.15. The van der Waals surface area contributed by atoms with Gasteiger partial charge >= 0.3 is 11.9 Å². The van der Waals surface area contributed by atoms with Crippen LogP contribution in [-0.4, -0.2) is 36.4 Å². The summed E-state index contributed by atoms with van der Waals surface area (Å²) in [7, 11) is 2.45. The fourth-order valence-corrected chi connectivity index (χ4v) is 3.52. The number of benzene rings is 4. The van der Waals surface area contributed by atoms with Gasteiger partial charge in [0.1, 0.15) is 22.6 Å². The highest BCUT2D eigenvalue weighted by molar-refractivity contribution is 5.94. The Bertz CT molecular complexity index is 1450. The third-order valence-corrected chi connectivity index (χ3v) is 5.42. The maximum absolute atomic E-state index is 11.9. The van der Waals surface area contributed by atoms with Gasteiger partial charge in [-0.05, 0) is 48.5 Å². The molecule has 0 radical (unpaired) electrons. The summed E-state index contributed by atoms with van der Waals surface area (Å²) in [6.07, 6.45) is 0. The lowest BCUT2D eigenvalue weighted by molar-refractivity contribution is 0.0588. The summed E-state index contributed by atoms with van der Waals surface area (Å²) in [5, 5.41) is 37.0. The van der Waals surface area contributed by atoms with Crippen molar-refractivity contribution in [1.29, 1.82) is 0 Å². The number of carbonyl (C=O) groups is 2. The number of esters is 2. The molecule has 0 fully saturated rings. The minimum atomic E-state index is -0.688. The van der Waals surface area contributed by atoms with Gasteiger partial charge in [0, 0.05) is 11.1 Å². The Kier molecular flexibility index (Phi) is 7.83. The number of carbonyl (C=O) groups excluding carboxylic acids is 2. The molecule has 0 atom stereocenters. The van der Waals surface area contributed by atoms with E-state index in [2.05, 4.69) is 29.9 Å². The van der Waals surface area contributed by atoms with Gasteiger partial charge < -0.3 is 19.7 Å². The standard InChI is InChI=1S/C28H22N4O6/c1-37-27(35)21-15-17(11-13-25(21)33)29-31-23-9-5-3-7-19(23)20-8-4-6-10-24(20)32-30-18-12-14-26(34)22(16-18)28(36)38-2/h3-16,33-34H,1-2H3. The van der Waals surface area contributed by atoms with Gasteiger partial charge in [0.25, 0.3) is 0 Å². The number of ether oxygens (including phenoxy) is 2. The predicted molar refractivity (Wildman–Crippen MR) is 139 cm³/mol. The number of rotatable bonds is 7. The Morgan fingerprint density at radius 3 is 1.37 bits per heavy atom. The average molecular weight is 511 g/mol. The lowest BCUT2D eigenvalue weighted by atomic mass is 10.0. The van der Waals surface area contributed by atoms with Crippen LogP contribution in [0.2, 0.25) is 0 Å². The molecule has 0 saturated heterocycles. The molecule has 190 valence electrons. The van der Waals surface area contributed by atoms with E-state index in [0.717, 1.165) is 11.1 Å². The molecule has 0 aliphatic rings. The number of azo groups is 2. The van der Waals surface area contributed by atoms with Gasteiger partial charge in [-0.1, -0.05) is 36.4 Å². The van der Waals surface area contributed by atoms with Gasteiger partial charge in [-0.3, -0.25) is 0 Å². The summed E-state index contributed by atoms with van der Waals surface area (Å²) in [4.78, 5) is 23.8. The van der Waals surface area contributed by atoms with E-state index < -0.39 is 11.9 Å². The molecule has 38 heavy (non-hydrogen) atoms. The van der Waals surface area contributed by atoms with Gasteiger partial charge in [0.2, 0.25) is 0 Å². The quantitative estimate of drug-likeness (QED) is 0.199. The molecular weight excluding hydrogens is 488 g/mol. The summed E-state index contributed by atoms with van der Waals surface area (Å²) >= 11 is 0. The second-order valence-corrected chi connectivity index (χ2v) is 7.82. The van der Waals surface area contributed by atoms with Gasteiger partial charge in [-0.15, -0.1) is 10.2 Å². The Labute approximate surface area is 217 Å². The lowest BCUT2D eigenvalue weighted by Crippen LogP contribution is -2.00. The Balaban J connectivity index is 1.68. The fourth-order valence-electron chi connectivity index (χ4n) is 3.52. The molecular formula is C28H22N4O6. The van der Waals surface area contributed by atoms with Crippen LogP contribution in [0.25, 0.3) is 11.1 Å². The van der Waals surface area contributed by atoms with Crippen molar-refractivity contribution in [3.8, 4) is 22.6 Å². The zero-order valence-electron chi connectivity index (χ0n) is 20.4. The smallest absolute Gasteiger partial charge is 0.341 e. The van der Waals surface area contributed by atoms with Crippen LogP contribution >= 0.6 is 0 Å². The average Bonchev–Trinajstić information content (AvgIpc) is 2.95. The second kappa shape index (κ2) is 11.6. The molecule has 4 aromatic rings. The molecule has 0 amide bonds. The van der Waals surface area contributed by atoms with Crippen molar-refractivity contribution >= 4 is 34.7 Å². The molecule has 0 aromatic heterocycles. The van der Waals surface area contributed by atoms with Crippen LogP contribution in [0.3, 0.4) is 0 Å². The van der Waals surface area contributed by atoms with Crippen LogP contribution in [-0.2, 0) is 9.47 Å². The fraction of sp³-hybridized carbons (Fsp3) is 0.0714. The van der Waals surface area contributed by atoms with Crippen molar-refractivity contribution in [2.45, 2.75) is 0 Å². The Hall–Kier alpha value is -5.38. The predicted octanol–water partition coefficient (Wildman–Crippen LogP) is 7.17. The highest BCUT2D eigenvalue weighted by Gasteiger charge is 2.14. The number of methoxy groups -OCH3 is 2. The first-order valence-corrected chi connectivity index (χ1v) is 11.3. The first-order valence-electron chi connectivity index (χ1n) is 11.3. The van der Waals surface area contributed by atoms with E-state index in [1.54, 1.807) is 12.1 Å². The summed E-state index contributed by atoms with van der Waals surface area (Å²) in [5.74, 6) is -1.82. The topological polar surface area (TPSA) is 142 Å². The van der Waals surface area contributed by atoms with Crippen LogP contribution in [0.15, 0.2) is 105 Å². The Morgan fingerprint density at radius 2 is 0.974 bits per heavy atom. The van der Waals surface area contributed by atoms with Crippen LogP contribution < -0.4 is 0 Å². The lowest BCUT2D eigenvalue weighted by Gasteiger charge is -2.08. The molecule has 4 aromatic carbocycles. The van der Waals surface area contributed by atoms with Crippen LogP contribution in [0.5, 0.6) is 11.5 Å². The van der Waals surface area contributed by atoms with Crippen molar-refractivity contribution < 1.29 is 29.3 Å². The summed E-state index contributed by atoms with van der Waals surface area (Å²) in [6, 6.07) is 23.1. The summed E-state index contributed by atoms with van der Waals surface area (Å²) < 4.78 is 9.37. The third-order valence-electron chi connectivity index (χ3n) is 5.42. The van der Waals surface area contributed by atoms with E-state index in [1.165, 1.54) is 50.6 Å². The Morgan fingerprint density at radius 1 is 0.579 bits per heavy atom. The normalized spacial score (nSPS) is 11.1. The number of aromatic hydroxyl groups is 2. The molecule has 10 nitrogen and oxygen atoms in total. The molecule has 0 bridgehead atoms. The zero-order chi connectivity index (χ0) is 27.1. The molecule has 10 heteroatoms. The molecule has 0 spiro atoms. The van der Waals surface area contributed by atoms with E-state index in [4.69, 9.17) is 0 Å². The number of hydrogen-bond donors (Lipinski definition) is 2. The highest BCUT2D eigenvalue weighted by Crippen LogP contribution is 2.38. The number of phenols is 2. The number of hydrogen-bond acceptors (Lipinski definition) is 10. The molecule has 0 aliphatic carbocycles. The second-order valence-electron chi connectivity index (χ2n) is 7.82. The van der Waals surface area contributed by atoms with E-state index in [0.29, 0.717) is 22.7 Å². The number of phenolic OH excluding ortho intramolecular Hbond substituents is 2. The van der Waals surface area contributed by atoms with Gasteiger partial charge in [-0.25, -0.2) is 9.59 Å². The molecule has 2 N–H and O–H groups in total. The number of nitrogens with zero attached hydrogens (tertiary/aromatic N) is 4. The minimum Gasteiger partial charge on any atom is -0.507 e. The van der Waals surface area contributed by atoms with Gasteiger partial charge in [0.15, 0.2) is 0 Å². The molecule has 0 saturated carbocycles. The molecule has 0 unspecified atom stereocenters. The SMILES string of the molecule is COC(=O)c1cc(N=Nc2ccccc2-c2ccccc2N=Nc2ccc(O)c(C(=O)OC)c2)ccc1O. The molecule has 0 heterocycles. The van der Waals surface area contributed by atoms with Crippen LogP contribution in [0.1, 0.15) is 20.7 Å². The molecule has 0 aliphatic heterocycles. The zero-order valence-corrected chi connectivity index (χ0v) is 20.4. The maximum Gasteiger partial charge on any atom is 0.341 e. The molecule has 4 rings (SSSR count). The van der Waals surface area contributed by atoms with Gasteiger partial charge in [0.05, 0.1) is 37.0 Å². The van der Waals surface area contributed by atoms with Crippen molar-refractivity contribution in [2.24, 2.45) is 20.5 Å². The van der Waals surface area contributed by atoms with E-state index >= 15 is 0 Å². The van der Waals surface area contributed by atoms with Crippen LogP contribution in [0, 0.1) is 0 Å². The largest absolute Gasteiger partial charge is 0.507 e. The van der Waals surface area contributed by atoms with Crippen LogP contribution in [0.4, 0.5) is 22.7 Å². The van der Waals surface area contributed by atoms with E-state index in [1.807, 2.05) is 36.4 Å². The van der Waals surface area contributed by atoms with E-state index in [-0.39, 0.29) is 22.6 Å². The van der Waals surface area contributed by atoms with Crippen molar-refractivity contribution in [2.75, 3.05) is 14.2 Å². The van der Waals surface area contributed by atoms with Crippen molar-refractivity contribution in [3.63, 3.8) is 0 Å².